The number of nitrogens with one attached hydrogen (secondary N) is 2. The zero-order chi connectivity index (χ0) is 24.4. The molecule has 2 aromatic heterocycles. The second-order valence-corrected chi connectivity index (χ2v) is 9.30. The number of hydrogen-bond donors (Lipinski definition) is 2. The number of nitrogens with zero attached hydrogens (tertiary/aromatic N) is 6. The molecule has 1 aliphatic heterocycles. The molecule has 9 heteroatoms. The maximum Gasteiger partial charge on any atom is 0.229 e. The Morgan fingerprint density at radius 2 is 1.66 bits per heavy atom. The van der Waals surface area contributed by atoms with Crippen molar-refractivity contribution in [3.63, 3.8) is 0 Å². The zero-order valence-electron chi connectivity index (χ0n) is 20.2. The summed E-state index contributed by atoms with van der Waals surface area (Å²) >= 11 is 6.63. The van der Waals surface area contributed by atoms with E-state index in [4.69, 9.17) is 11.6 Å². The lowest BCUT2D eigenvalue weighted by Gasteiger charge is -2.34. The molecule has 8 nitrogen and oxygen atoms in total. The molecule has 180 valence electrons. The summed E-state index contributed by atoms with van der Waals surface area (Å²) in [6, 6.07) is 18.1. The molecule has 1 saturated heterocycles. The van der Waals surface area contributed by atoms with E-state index in [0.29, 0.717) is 16.8 Å². The molecular weight excluding hydrogens is 460 g/mol. The largest absolute Gasteiger partial charge is 0.368 e. The highest BCUT2D eigenvalue weighted by molar-refractivity contribution is 6.33. The first-order valence-corrected chi connectivity index (χ1v) is 12.1. The predicted molar refractivity (Wildman–Crippen MR) is 143 cm³/mol. The minimum Gasteiger partial charge on any atom is -0.368 e. The Bertz CT molecular complexity index is 1310. The van der Waals surface area contributed by atoms with Gasteiger partial charge in [-0.3, -0.25) is 0 Å². The summed E-state index contributed by atoms with van der Waals surface area (Å²) in [6.45, 7) is 8.05. The molecule has 0 unspecified atom stereocenters. The molecule has 0 atom stereocenters. The van der Waals surface area contributed by atoms with Crippen LogP contribution >= 0.6 is 11.6 Å². The second-order valence-electron chi connectivity index (χ2n) is 8.89. The first kappa shape index (κ1) is 23.1. The molecular formula is C26H29ClN8. The quantitative estimate of drug-likeness (QED) is 0.387. The van der Waals surface area contributed by atoms with E-state index in [2.05, 4.69) is 79.8 Å². The van der Waals surface area contributed by atoms with Gasteiger partial charge in [-0.25, -0.2) is 9.67 Å². The predicted octanol–water partition coefficient (Wildman–Crippen LogP) is 5.17. The van der Waals surface area contributed by atoms with Gasteiger partial charge >= 0.3 is 0 Å². The van der Waals surface area contributed by atoms with Crippen molar-refractivity contribution >= 4 is 40.6 Å². The van der Waals surface area contributed by atoms with Gasteiger partial charge in [0.25, 0.3) is 0 Å². The topological polar surface area (TPSA) is 74.1 Å². The van der Waals surface area contributed by atoms with Gasteiger partial charge in [-0.05, 0) is 57.3 Å². The smallest absolute Gasteiger partial charge is 0.229 e. The van der Waals surface area contributed by atoms with Crippen LogP contribution in [0.2, 0.25) is 5.02 Å². The van der Waals surface area contributed by atoms with Crippen LogP contribution in [0.3, 0.4) is 0 Å². The third-order valence-electron chi connectivity index (χ3n) is 6.07. The molecule has 0 spiro atoms. The fraction of sp³-hybridized carbons (Fsp3) is 0.269. The summed E-state index contributed by atoms with van der Waals surface area (Å²) in [5, 5.41) is 12.0. The molecule has 2 aromatic carbocycles. The molecule has 4 aromatic rings. The SMILES string of the molecule is Cc1ccc(-n2nc(C)cc2Nc2ccnc(Nc3ccc(N4CCN(C)CC4)c(Cl)c3)n2)cc1. The van der Waals surface area contributed by atoms with E-state index in [1.54, 1.807) is 6.20 Å². The van der Waals surface area contributed by atoms with Crippen LogP contribution in [0.4, 0.5) is 29.0 Å². The molecule has 2 N–H and O–H groups in total. The van der Waals surface area contributed by atoms with Crippen molar-refractivity contribution in [2.45, 2.75) is 13.8 Å². The number of benzene rings is 2. The van der Waals surface area contributed by atoms with E-state index in [0.717, 1.165) is 54.8 Å². The van der Waals surface area contributed by atoms with Crippen molar-refractivity contribution in [3.8, 4) is 5.69 Å². The maximum absolute atomic E-state index is 6.63. The van der Waals surface area contributed by atoms with E-state index in [-0.39, 0.29) is 0 Å². The average molecular weight is 489 g/mol. The Hall–Kier alpha value is -3.62. The zero-order valence-corrected chi connectivity index (χ0v) is 20.9. The fourth-order valence-corrected chi connectivity index (χ4v) is 4.41. The highest BCUT2D eigenvalue weighted by atomic mass is 35.5. The number of rotatable bonds is 6. The van der Waals surface area contributed by atoms with Crippen LogP contribution in [0.15, 0.2) is 60.8 Å². The minimum absolute atomic E-state index is 0.483. The highest BCUT2D eigenvalue weighted by Gasteiger charge is 2.17. The highest BCUT2D eigenvalue weighted by Crippen LogP contribution is 2.30. The van der Waals surface area contributed by atoms with Gasteiger partial charge in [-0.1, -0.05) is 29.3 Å². The lowest BCUT2D eigenvalue weighted by Crippen LogP contribution is -2.44. The van der Waals surface area contributed by atoms with Crippen LogP contribution < -0.4 is 15.5 Å². The van der Waals surface area contributed by atoms with Gasteiger partial charge in [-0.15, -0.1) is 0 Å². The van der Waals surface area contributed by atoms with Crippen molar-refractivity contribution < 1.29 is 0 Å². The molecule has 3 heterocycles. The Kier molecular flexibility index (Phi) is 6.57. The van der Waals surface area contributed by atoms with E-state index in [9.17, 15) is 0 Å². The van der Waals surface area contributed by atoms with Crippen LogP contribution in [0, 0.1) is 13.8 Å². The van der Waals surface area contributed by atoms with Crippen molar-refractivity contribution in [1.82, 2.24) is 24.6 Å². The van der Waals surface area contributed by atoms with Crippen LogP contribution in [-0.2, 0) is 0 Å². The monoisotopic (exact) mass is 488 g/mol. The summed E-state index contributed by atoms with van der Waals surface area (Å²) in [4.78, 5) is 13.7. The molecule has 1 fully saturated rings. The van der Waals surface area contributed by atoms with Crippen molar-refractivity contribution in [3.05, 3.63) is 77.1 Å². The van der Waals surface area contributed by atoms with Gasteiger partial charge in [0.2, 0.25) is 5.95 Å². The first-order valence-electron chi connectivity index (χ1n) is 11.7. The number of aryl methyl sites for hydroxylation is 2. The normalized spacial score (nSPS) is 14.2. The standard InChI is InChI=1S/C26H29ClN8/c1-18-4-7-21(8-5-18)35-25(16-19(2)32-35)30-24-10-11-28-26(31-24)29-20-6-9-23(22(27)17-20)34-14-12-33(3)13-15-34/h4-11,16-17H,12-15H2,1-3H3,(H2,28,29,30,31). The van der Waals surface area contributed by atoms with Gasteiger partial charge in [0.1, 0.15) is 11.6 Å². The first-order chi connectivity index (χ1) is 16.9. The Labute approximate surface area is 210 Å². The average Bonchev–Trinajstić information content (AvgIpc) is 3.20. The number of anilines is 5. The fourth-order valence-electron chi connectivity index (χ4n) is 4.11. The van der Waals surface area contributed by atoms with Gasteiger partial charge in [0, 0.05) is 44.1 Å². The van der Waals surface area contributed by atoms with Gasteiger partial charge < -0.3 is 20.4 Å². The molecule has 0 saturated carbocycles. The van der Waals surface area contributed by atoms with Crippen molar-refractivity contribution in [1.29, 1.82) is 0 Å². The van der Waals surface area contributed by atoms with Gasteiger partial charge in [0.15, 0.2) is 0 Å². The summed E-state index contributed by atoms with van der Waals surface area (Å²) in [5.41, 5.74) is 4.99. The summed E-state index contributed by atoms with van der Waals surface area (Å²) in [7, 11) is 2.15. The third-order valence-corrected chi connectivity index (χ3v) is 6.37. The van der Waals surface area contributed by atoms with Gasteiger partial charge in [0.05, 0.1) is 22.1 Å². The summed E-state index contributed by atoms with van der Waals surface area (Å²) in [5.74, 6) is 1.98. The number of halogens is 1. The van der Waals surface area contributed by atoms with Crippen molar-refractivity contribution in [2.75, 3.05) is 48.8 Å². The van der Waals surface area contributed by atoms with Crippen LogP contribution in [0.25, 0.3) is 5.69 Å². The van der Waals surface area contributed by atoms with Crippen molar-refractivity contribution in [2.24, 2.45) is 0 Å². The van der Waals surface area contributed by atoms with Crippen LogP contribution in [0.1, 0.15) is 11.3 Å². The molecule has 0 amide bonds. The number of piperazine rings is 1. The molecule has 35 heavy (non-hydrogen) atoms. The molecule has 1 aliphatic rings. The van der Waals surface area contributed by atoms with Crippen LogP contribution in [-0.4, -0.2) is 57.9 Å². The van der Waals surface area contributed by atoms with E-state index in [1.165, 1.54) is 5.56 Å². The number of hydrogen-bond acceptors (Lipinski definition) is 7. The molecule has 5 rings (SSSR count). The van der Waals surface area contributed by atoms with E-state index >= 15 is 0 Å². The van der Waals surface area contributed by atoms with Gasteiger partial charge in [-0.2, -0.15) is 10.1 Å². The van der Waals surface area contributed by atoms with E-state index in [1.807, 2.05) is 35.9 Å². The summed E-state index contributed by atoms with van der Waals surface area (Å²) < 4.78 is 1.88. The number of likely N-dealkylation sites (N-methyl/N-ethyl adjacent to an activating group) is 1. The lowest BCUT2D eigenvalue weighted by atomic mass is 10.2. The lowest BCUT2D eigenvalue weighted by molar-refractivity contribution is 0.313. The summed E-state index contributed by atoms with van der Waals surface area (Å²) in [6.07, 6.45) is 1.72. The Morgan fingerprint density at radius 3 is 2.40 bits per heavy atom. The number of aromatic nitrogens is 4. The minimum atomic E-state index is 0.483. The Balaban J connectivity index is 1.31. The van der Waals surface area contributed by atoms with E-state index < -0.39 is 0 Å². The van der Waals surface area contributed by atoms with Crippen LogP contribution in [0.5, 0.6) is 0 Å². The molecule has 0 aliphatic carbocycles. The Morgan fingerprint density at radius 1 is 0.886 bits per heavy atom. The third kappa shape index (κ3) is 5.39. The molecule has 0 bridgehead atoms. The second kappa shape index (κ2) is 9.93. The maximum atomic E-state index is 6.63. The molecule has 0 radical (unpaired) electrons.